The summed E-state index contributed by atoms with van der Waals surface area (Å²) in [5.74, 6) is 0.480. The molecule has 0 saturated carbocycles. The molecule has 1 heterocycles. The van der Waals surface area contributed by atoms with Crippen LogP contribution in [0, 0.1) is 0 Å². The first-order chi connectivity index (χ1) is 15.1. The van der Waals surface area contributed by atoms with Gasteiger partial charge in [-0.05, 0) is 35.9 Å². The maximum absolute atomic E-state index is 13.4. The molecule has 0 aliphatic carbocycles. The topological polar surface area (TPSA) is 67.9 Å². The van der Waals surface area contributed by atoms with Gasteiger partial charge >= 0.3 is 0 Å². The number of amides is 2. The molecule has 0 unspecified atom stereocenters. The molecule has 31 heavy (non-hydrogen) atoms. The summed E-state index contributed by atoms with van der Waals surface area (Å²) in [6.45, 7) is 0.153. The number of nitrogens with zero attached hydrogens (tertiary/aromatic N) is 1. The molecule has 6 heteroatoms. The van der Waals surface area contributed by atoms with Crippen LogP contribution in [-0.4, -0.2) is 30.9 Å². The Bertz CT molecular complexity index is 1140. The number of hydrogen-bond donors (Lipinski definition) is 1. The van der Waals surface area contributed by atoms with Crippen molar-refractivity contribution in [2.45, 2.75) is 6.54 Å². The minimum atomic E-state index is -0.384. The first-order valence-electron chi connectivity index (χ1n) is 9.81. The van der Waals surface area contributed by atoms with E-state index in [-0.39, 0.29) is 24.1 Å². The summed E-state index contributed by atoms with van der Waals surface area (Å²) in [5.41, 5.74) is 2.63. The summed E-state index contributed by atoms with van der Waals surface area (Å²) >= 11 is 0. The van der Waals surface area contributed by atoms with Crippen LogP contribution in [0.15, 0.2) is 84.6 Å². The summed E-state index contributed by atoms with van der Waals surface area (Å²) in [6.07, 6.45) is 0. The van der Waals surface area contributed by atoms with Crippen molar-refractivity contribution >= 4 is 23.1 Å². The third-order valence-corrected chi connectivity index (χ3v) is 5.09. The Kier molecular flexibility index (Phi) is 5.71. The molecule has 6 nitrogen and oxygen atoms in total. The maximum Gasteiger partial charge on any atom is 0.278 e. The first kappa shape index (κ1) is 20.2. The second kappa shape index (κ2) is 8.75. The lowest BCUT2D eigenvalue weighted by Gasteiger charge is -2.16. The Balaban J connectivity index is 1.74. The number of rotatable bonds is 7. The maximum atomic E-state index is 13.4. The summed E-state index contributed by atoms with van der Waals surface area (Å²) in [6, 6.07) is 23.8. The number of methoxy groups -OCH3 is 2. The molecule has 3 aromatic carbocycles. The van der Waals surface area contributed by atoms with Crippen LogP contribution in [-0.2, 0) is 16.1 Å². The van der Waals surface area contributed by atoms with Crippen LogP contribution in [0.1, 0.15) is 11.1 Å². The van der Waals surface area contributed by atoms with Gasteiger partial charge in [-0.25, -0.2) is 0 Å². The number of anilines is 1. The average Bonchev–Trinajstić information content (AvgIpc) is 3.04. The van der Waals surface area contributed by atoms with Gasteiger partial charge in [-0.15, -0.1) is 0 Å². The number of hydrogen-bond acceptors (Lipinski definition) is 5. The van der Waals surface area contributed by atoms with Crippen LogP contribution in [0.5, 0.6) is 11.5 Å². The molecule has 0 radical (unpaired) electrons. The van der Waals surface area contributed by atoms with E-state index in [9.17, 15) is 9.59 Å². The Hall–Kier alpha value is -4.06. The lowest BCUT2D eigenvalue weighted by Crippen LogP contribution is -2.32. The highest BCUT2D eigenvalue weighted by Crippen LogP contribution is 2.35. The lowest BCUT2D eigenvalue weighted by molar-refractivity contribution is -0.137. The zero-order chi connectivity index (χ0) is 21.8. The number of ether oxygens (including phenoxy) is 2. The van der Waals surface area contributed by atoms with E-state index in [1.54, 1.807) is 38.5 Å². The first-order valence-corrected chi connectivity index (χ1v) is 9.81. The number of imide groups is 1. The highest BCUT2D eigenvalue weighted by atomic mass is 16.5. The van der Waals surface area contributed by atoms with Crippen molar-refractivity contribution in [3.05, 3.63) is 95.7 Å². The van der Waals surface area contributed by atoms with E-state index >= 15 is 0 Å². The molecule has 1 N–H and O–H groups in total. The zero-order valence-corrected chi connectivity index (χ0v) is 17.3. The fraction of sp³-hybridized carbons (Fsp3) is 0.120. The Morgan fingerprint density at radius 3 is 2.13 bits per heavy atom. The van der Waals surface area contributed by atoms with E-state index in [2.05, 4.69) is 5.32 Å². The lowest BCUT2D eigenvalue weighted by atomic mass is 10.0. The van der Waals surface area contributed by atoms with Gasteiger partial charge in [-0.3, -0.25) is 14.5 Å². The molecule has 0 saturated heterocycles. The minimum absolute atomic E-state index is 0.153. The van der Waals surface area contributed by atoms with Crippen molar-refractivity contribution in [1.29, 1.82) is 0 Å². The van der Waals surface area contributed by atoms with Gasteiger partial charge in [0, 0.05) is 11.3 Å². The summed E-state index contributed by atoms with van der Waals surface area (Å²) in [5, 5.41) is 3.15. The molecule has 1 aliphatic heterocycles. The molecule has 0 spiro atoms. The number of para-hydroxylation sites is 2. The number of nitrogens with one attached hydrogen (secondary N) is 1. The van der Waals surface area contributed by atoms with Gasteiger partial charge in [0.25, 0.3) is 11.8 Å². The number of carbonyl (C=O) groups excluding carboxylic acids is 2. The van der Waals surface area contributed by atoms with Crippen molar-refractivity contribution in [2.24, 2.45) is 0 Å². The molecule has 3 aromatic rings. The van der Waals surface area contributed by atoms with E-state index < -0.39 is 0 Å². The fourth-order valence-corrected chi connectivity index (χ4v) is 3.52. The second-order valence-corrected chi connectivity index (χ2v) is 6.99. The van der Waals surface area contributed by atoms with Crippen LogP contribution >= 0.6 is 0 Å². The van der Waals surface area contributed by atoms with Gasteiger partial charge in [0.1, 0.15) is 17.2 Å². The fourth-order valence-electron chi connectivity index (χ4n) is 3.52. The number of benzene rings is 3. The summed E-state index contributed by atoms with van der Waals surface area (Å²) in [7, 11) is 3.13. The molecule has 0 fully saturated rings. The molecule has 0 atom stereocenters. The molecular weight excluding hydrogens is 392 g/mol. The highest BCUT2D eigenvalue weighted by molar-refractivity contribution is 6.36. The van der Waals surface area contributed by atoms with Crippen molar-refractivity contribution in [2.75, 3.05) is 19.5 Å². The molecule has 1 aliphatic rings. The zero-order valence-electron chi connectivity index (χ0n) is 17.3. The Morgan fingerprint density at radius 1 is 0.774 bits per heavy atom. The van der Waals surface area contributed by atoms with Gasteiger partial charge in [-0.2, -0.15) is 0 Å². The molecule has 4 rings (SSSR count). The van der Waals surface area contributed by atoms with Crippen LogP contribution in [0.4, 0.5) is 5.69 Å². The Labute approximate surface area is 180 Å². The predicted molar refractivity (Wildman–Crippen MR) is 119 cm³/mol. The van der Waals surface area contributed by atoms with Crippen LogP contribution in [0.3, 0.4) is 0 Å². The molecular formula is C25H22N2O4. The van der Waals surface area contributed by atoms with Gasteiger partial charge in [0.2, 0.25) is 0 Å². The highest BCUT2D eigenvalue weighted by Gasteiger charge is 2.40. The predicted octanol–water partition coefficient (Wildman–Crippen LogP) is 4.10. The molecule has 2 amide bonds. The minimum Gasteiger partial charge on any atom is -0.497 e. The van der Waals surface area contributed by atoms with Gasteiger partial charge in [-0.1, -0.05) is 48.5 Å². The van der Waals surface area contributed by atoms with Crippen LogP contribution in [0.25, 0.3) is 5.57 Å². The van der Waals surface area contributed by atoms with Crippen LogP contribution in [0.2, 0.25) is 0 Å². The van der Waals surface area contributed by atoms with Crippen LogP contribution < -0.4 is 14.8 Å². The van der Waals surface area contributed by atoms with Crippen molar-refractivity contribution < 1.29 is 19.1 Å². The van der Waals surface area contributed by atoms with Crippen molar-refractivity contribution in [3.8, 4) is 11.5 Å². The van der Waals surface area contributed by atoms with E-state index in [1.807, 2.05) is 54.6 Å². The molecule has 0 aromatic heterocycles. The summed E-state index contributed by atoms with van der Waals surface area (Å²) < 4.78 is 10.6. The molecule has 156 valence electrons. The third-order valence-electron chi connectivity index (χ3n) is 5.09. The van der Waals surface area contributed by atoms with Crippen molar-refractivity contribution in [3.63, 3.8) is 0 Å². The van der Waals surface area contributed by atoms with Gasteiger partial charge < -0.3 is 14.8 Å². The normalized spacial score (nSPS) is 13.5. The smallest absolute Gasteiger partial charge is 0.278 e. The van der Waals surface area contributed by atoms with E-state index in [1.165, 1.54) is 4.90 Å². The summed E-state index contributed by atoms with van der Waals surface area (Å²) in [4.78, 5) is 28.0. The number of carbonyl (C=O) groups is 2. The third kappa shape index (κ3) is 4.00. The van der Waals surface area contributed by atoms with E-state index in [0.717, 1.165) is 11.3 Å². The largest absolute Gasteiger partial charge is 0.497 e. The van der Waals surface area contributed by atoms with E-state index in [0.29, 0.717) is 22.6 Å². The monoisotopic (exact) mass is 414 g/mol. The SMILES string of the molecule is COc1ccc(CN2C(=O)C(Nc3ccccc3)=C(c3ccccc3OC)C2=O)cc1. The van der Waals surface area contributed by atoms with Crippen molar-refractivity contribution in [1.82, 2.24) is 4.90 Å². The standard InChI is InChI=1S/C25H22N2O4/c1-30-19-14-12-17(13-15-19)16-27-24(28)22(20-10-6-7-11-21(20)31-2)23(25(27)29)26-18-8-4-3-5-9-18/h3-15,26H,16H2,1-2H3. The molecule has 0 bridgehead atoms. The second-order valence-electron chi connectivity index (χ2n) is 6.99. The quantitative estimate of drug-likeness (QED) is 0.590. The van der Waals surface area contributed by atoms with Gasteiger partial charge in [0.15, 0.2) is 0 Å². The Morgan fingerprint density at radius 2 is 1.45 bits per heavy atom. The van der Waals surface area contributed by atoms with E-state index in [4.69, 9.17) is 9.47 Å². The average molecular weight is 414 g/mol. The van der Waals surface area contributed by atoms with Gasteiger partial charge in [0.05, 0.1) is 26.3 Å².